The topological polar surface area (TPSA) is 106 Å². The molecule has 1 fully saturated rings. The van der Waals surface area contributed by atoms with Crippen molar-refractivity contribution < 1.29 is 27.6 Å². The molecule has 14 heteroatoms. The first-order valence-electron chi connectivity index (χ1n) is 18.0. The van der Waals surface area contributed by atoms with Gasteiger partial charge in [-0.1, -0.05) is 19.1 Å². The Morgan fingerprint density at radius 1 is 0.981 bits per heavy atom. The lowest BCUT2D eigenvalue weighted by molar-refractivity contribution is -0.138. The molecule has 5 rings (SSSR count). The highest BCUT2D eigenvalue weighted by atomic mass is 19.4. The number of hydrogen-bond donors (Lipinski definition) is 2. The number of aromatic nitrogens is 2. The van der Waals surface area contributed by atoms with E-state index in [1.807, 2.05) is 46.0 Å². The maximum Gasteiger partial charge on any atom is 0.390 e. The Kier molecular flexibility index (Phi) is 12.2. The summed E-state index contributed by atoms with van der Waals surface area (Å²) in [5.74, 6) is -0.00558. The lowest BCUT2D eigenvalue weighted by atomic mass is 9.94. The van der Waals surface area contributed by atoms with E-state index in [1.165, 1.54) is 4.90 Å². The number of halogens is 3. The van der Waals surface area contributed by atoms with Crippen LogP contribution >= 0.6 is 0 Å². The van der Waals surface area contributed by atoms with Crippen molar-refractivity contribution in [3.63, 3.8) is 0 Å². The molecule has 2 aliphatic rings. The summed E-state index contributed by atoms with van der Waals surface area (Å²) >= 11 is 0. The Balaban J connectivity index is 1.20. The minimum Gasteiger partial charge on any atom is -0.366 e. The number of likely N-dealkylation sites (tertiary alicyclic amines) is 1. The predicted molar refractivity (Wildman–Crippen MR) is 196 cm³/mol. The van der Waals surface area contributed by atoms with Gasteiger partial charge < -0.3 is 30.2 Å². The van der Waals surface area contributed by atoms with Crippen LogP contribution in [-0.2, 0) is 13.1 Å². The number of anilines is 2. The molecule has 11 nitrogen and oxygen atoms in total. The zero-order valence-corrected chi connectivity index (χ0v) is 31.0. The van der Waals surface area contributed by atoms with Crippen LogP contribution in [0.5, 0.6) is 0 Å². The number of carbonyl (C=O) groups excluding carboxylic acids is 3. The van der Waals surface area contributed by atoms with Gasteiger partial charge >= 0.3 is 12.2 Å². The van der Waals surface area contributed by atoms with Crippen LogP contribution in [0.1, 0.15) is 89.7 Å². The van der Waals surface area contributed by atoms with E-state index in [0.29, 0.717) is 49.7 Å². The van der Waals surface area contributed by atoms with Crippen LogP contribution in [0.25, 0.3) is 0 Å². The zero-order valence-electron chi connectivity index (χ0n) is 31.0. The Hall–Kier alpha value is -4.59. The van der Waals surface area contributed by atoms with Gasteiger partial charge in [-0.15, -0.1) is 0 Å². The van der Waals surface area contributed by atoms with Crippen molar-refractivity contribution in [2.45, 2.75) is 71.3 Å². The number of fused-ring (bicyclic) bond motifs is 1. The number of hydrogen-bond acceptors (Lipinski definition) is 6. The van der Waals surface area contributed by atoms with E-state index in [2.05, 4.69) is 36.3 Å². The molecule has 1 aromatic heterocycles. The minimum atomic E-state index is -4.14. The van der Waals surface area contributed by atoms with Gasteiger partial charge in [0.15, 0.2) is 5.69 Å². The molecule has 0 spiro atoms. The van der Waals surface area contributed by atoms with Crippen LogP contribution in [0.15, 0.2) is 48.5 Å². The summed E-state index contributed by atoms with van der Waals surface area (Å²) in [6.07, 6.45) is -3.40. The van der Waals surface area contributed by atoms with E-state index >= 15 is 0 Å². The summed E-state index contributed by atoms with van der Waals surface area (Å²) in [6.45, 7) is 9.57. The molecule has 282 valence electrons. The van der Waals surface area contributed by atoms with Gasteiger partial charge in [-0.05, 0) is 87.7 Å². The summed E-state index contributed by atoms with van der Waals surface area (Å²) in [4.78, 5) is 46.1. The molecule has 2 N–H and O–H groups in total. The maximum atomic E-state index is 13.6. The average Bonchev–Trinajstić information content (AvgIpc) is 3.51. The first-order valence-corrected chi connectivity index (χ1v) is 18.0. The van der Waals surface area contributed by atoms with Gasteiger partial charge in [0, 0.05) is 94.0 Å². The smallest absolute Gasteiger partial charge is 0.366 e. The largest absolute Gasteiger partial charge is 0.390 e. The third kappa shape index (κ3) is 9.64. The fraction of sp³-hybridized carbons (Fsp3) is 0.526. The molecule has 52 heavy (non-hydrogen) atoms. The van der Waals surface area contributed by atoms with E-state index < -0.39 is 12.6 Å². The van der Waals surface area contributed by atoms with Crippen molar-refractivity contribution in [2.24, 2.45) is 5.92 Å². The van der Waals surface area contributed by atoms with Gasteiger partial charge in [-0.25, -0.2) is 4.79 Å². The maximum absolute atomic E-state index is 13.6. The van der Waals surface area contributed by atoms with Crippen LogP contribution < -0.4 is 15.5 Å². The standard InChI is InChI=1S/C38H51F3N8O3/c1-25(2)49-34-26(3)22-48(24-32(34)33(44-49)35(50)42-21-27-7-11-30(12-8-27)43-37(52)45(4)5)31-13-9-29(10-14-31)36(51)46(6)23-28-15-18-47(19-16-28)20-17-38(39,40)41/h7-14,25-26,28H,15-24H2,1-6H3,(H,42,50)(H,43,52)/t26-/m0/s1. The van der Waals surface area contributed by atoms with Gasteiger partial charge in [0.25, 0.3) is 11.8 Å². The SMILES string of the molecule is CC(C)n1nc(C(=O)NCc2ccc(NC(=O)N(C)C)cc2)c2c1[C@@H](C)CN(c1ccc(C(=O)N(C)CC3CCN(CCC(F)(F)F)CC3)cc1)C2. The monoisotopic (exact) mass is 724 g/mol. The molecular weight excluding hydrogens is 673 g/mol. The van der Waals surface area contributed by atoms with Crippen molar-refractivity contribution in [1.82, 2.24) is 29.8 Å². The van der Waals surface area contributed by atoms with E-state index in [1.54, 1.807) is 38.2 Å². The summed E-state index contributed by atoms with van der Waals surface area (Å²) in [7, 11) is 5.12. The molecule has 0 bridgehead atoms. The van der Waals surface area contributed by atoms with E-state index in [9.17, 15) is 27.6 Å². The number of rotatable bonds is 11. The van der Waals surface area contributed by atoms with Crippen molar-refractivity contribution in [3.8, 4) is 0 Å². The second kappa shape index (κ2) is 16.4. The predicted octanol–water partition coefficient (Wildman–Crippen LogP) is 6.35. The molecule has 1 saturated heterocycles. The highest BCUT2D eigenvalue weighted by molar-refractivity contribution is 5.95. The molecular formula is C38H51F3N8O3. The number of nitrogens with one attached hydrogen (secondary N) is 2. The van der Waals surface area contributed by atoms with Crippen LogP contribution in [0.2, 0.25) is 0 Å². The summed E-state index contributed by atoms with van der Waals surface area (Å²) in [6, 6.07) is 14.7. The lowest BCUT2D eigenvalue weighted by Gasteiger charge is -2.34. The third-order valence-corrected chi connectivity index (χ3v) is 9.91. The lowest BCUT2D eigenvalue weighted by Crippen LogP contribution is -2.40. The number of nitrogens with zero attached hydrogens (tertiary/aromatic N) is 6. The van der Waals surface area contributed by atoms with E-state index in [-0.39, 0.29) is 42.3 Å². The molecule has 2 aromatic carbocycles. The summed E-state index contributed by atoms with van der Waals surface area (Å²) in [5.41, 5.74) is 5.39. The van der Waals surface area contributed by atoms with Gasteiger partial charge in [-0.3, -0.25) is 14.3 Å². The second-order valence-corrected chi connectivity index (χ2v) is 14.6. The molecule has 0 saturated carbocycles. The Morgan fingerprint density at radius 2 is 1.63 bits per heavy atom. The molecule has 2 aliphatic heterocycles. The quantitative estimate of drug-likeness (QED) is 0.239. The normalized spacial score (nSPS) is 16.8. The van der Waals surface area contributed by atoms with Crippen LogP contribution in [0, 0.1) is 5.92 Å². The van der Waals surface area contributed by atoms with Crippen LogP contribution in [0.3, 0.4) is 0 Å². The third-order valence-electron chi connectivity index (χ3n) is 9.91. The number of amides is 4. The number of piperidine rings is 1. The van der Waals surface area contributed by atoms with Crippen molar-refractivity contribution in [1.29, 1.82) is 0 Å². The highest BCUT2D eigenvalue weighted by Gasteiger charge is 2.34. The molecule has 0 radical (unpaired) electrons. The second-order valence-electron chi connectivity index (χ2n) is 14.6. The van der Waals surface area contributed by atoms with Gasteiger partial charge in [0.2, 0.25) is 0 Å². The number of carbonyl (C=O) groups is 3. The van der Waals surface area contributed by atoms with E-state index in [4.69, 9.17) is 5.10 Å². The van der Waals surface area contributed by atoms with Gasteiger partial charge in [0.05, 0.1) is 6.42 Å². The number of benzene rings is 2. The highest BCUT2D eigenvalue weighted by Crippen LogP contribution is 2.35. The molecule has 4 amide bonds. The Bertz CT molecular complexity index is 1700. The molecule has 0 unspecified atom stereocenters. The molecule has 0 aliphatic carbocycles. The van der Waals surface area contributed by atoms with Crippen molar-refractivity contribution in [2.75, 3.05) is 64.1 Å². The Morgan fingerprint density at radius 3 is 2.23 bits per heavy atom. The molecule has 3 aromatic rings. The minimum absolute atomic E-state index is 0.0273. The summed E-state index contributed by atoms with van der Waals surface area (Å²) < 4.78 is 39.8. The summed E-state index contributed by atoms with van der Waals surface area (Å²) in [5, 5.41) is 10.6. The van der Waals surface area contributed by atoms with Gasteiger partial charge in [-0.2, -0.15) is 18.3 Å². The molecule has 1 atom stereocenters. The van der Waals surface area contributed by atoms with Crippen LogP contribution in [0.4, 0.5) is 29.3 Å². The van der Waals surface area contributed by atoms with E-state index in [0.717, 1.165) is 41.9 Å². The van der Waals surface area contributed by atoms with Crippen LogP contribution in [-0.4, -0.2) is 102 Å². The first kappa shape index (κ1) is 38.6. The van der Waals surface area contributed by atoms with Crippen molar-refractivity contribution in [3.05, 3.63) is 76.6 Å². The fourth-order valence-electron chi connectivity index (χ4n) is 7.00. The van der Waals surface area contributed by atoms with Gasteiger partial charge in [0.1, 0.15) is 0 Å². The average molecular weight is 725 g/mol. The number of urea groups is 1. The van der Waals surface area contributed by atoms with Crippen molar-refractivity contribution >= 4 is 29.2 Å². The Labute approximate surface area is 304 Å². The fourth-order valence-corrected chi connectivity index (χ4v) is 7.00. The first-order chi connectivity index (χ1) is 24.6. The zero-order chi connectivity index (χ0) is 37.7. The number of alkyl halides is 3. The molecule has 3 heterocycles.